The molecule has 1 rings (SSSR count). The molecule has 0 fully saturated rings. The summed E-state index contributed by atoms with van der Waals surface area (Å²) >= 11 is -0.290. The van der Waals surface area contributed by atoms with Crippen molar-refractivity contribution in [2.75, 3.05) is 0 Å². The number of nitrogens with zero attached hydrogens (tertiary/aromatic N) is 1. The molecular formula is C7HF4NO3S. The molecule has 1 aromatic rings. The second-order valence-corrected chi connectivity index (χ2v) is 3.01. The van der Waals surface area contributed by atoms with Crippen LogP contribution in [0.25, 0.3) is 0 Å². The van der Waals surface area contributed by atoms with Crippen molar-refractivity contribution in [3.63, 3.8) is 0 Å². The Morgan fingerprint density at radius 2 is 1.56 bits per heavy atom. The molecule has 0 spiro atoms. The van der Waals surface area contributed by atoms with Crippen molar-refractivity contribution < 1.29 is 32.2 Å². The highest BCUT2D eigenvalue weighted by Crippen LogP contribution is 2.31. The van der Waals surface area contributed by atoms with Crippen molar-refractivity contribution >= 4 is 12.0 Å². The van der Waals surface area contributed by atoms with Crippen molar-refractivity contribution in [2.45, 2.75) is 4.90 Å². The van der Waals surface area contributed by atoms with E-state index in [0.29, 0.717) is 0 Å². The van der Waals surface area contributed by atoms with Crippen LogP contribution in [-0.2, 0) is 9.37 Å². The van der Waals surface area contributed by atoms with E-state index in [4.69, 9.17) is 10.5 Å². The summed E-state index contributed by atoms with van der Waals surface area (Å²) < 4.78 is 55.6. The number of hydrogen-bond donors (Lipinski definition) is 1. The minimum Gasteiger partial charge on any atom is -0.220 e. The first-order valence-electron chi connectivity index (χ1n) is 3.45. The van der Waals surface area contributed by atoms with Gasteiger partial charge in [0.1, 0.15) is 16.5 Å². The van der Waals surface area contributed by atoms with E-state index in [9.17, 15) is 17.6 Å². The molecular weight excluding hydrogens is 254 g/mol. The molecule has 0 aliphatic carbocycles. The predicted molar refractivity (Wildman–Crippen MR) is 41.6 cm³/mol. The lowest BCUT2D eigenvalue weighted by molar-refractivity contribution is -0.432. The molecule has 0 saturated carbocycles. The van der Waals surface area contributed by atoms with E-state index in [-0.39, 0.29) is 12.0 Å². The van der Waals surface area contributed by atoms with Crippen molar-refractivity contribution in [3.8, 4) is 6.07 Å². The van der Waals surface area contributed by atoms with Crippen molar-refractivity contribution in [3.05, 3.63) is 28.8 Å². The highest BCUT2D eigenvalue weighted by atomic mass is 32.2. The third-order valence-electron chi connectivity index (χ3n) is 1.48. The Kier molecular flexibility index (Phi) is 4.08. The van der Waals surface area contributed by atoms with Gasteiger partial charge in [-0.25, -0.2) is 22.8 Å². The van der Waals surface area contributed by atoms with Gasteiger partial charge in [0.2, 0.25) is 0 Å². The molecule has 0 amide bonds. The van der Waals surface area contributed by atoms with Crippen LogP contribution < -0.4 is 0 Å². The van der Waals surface area contributed by atoms with Gasteiger partial charge in [0, 0.05) is 0 Å². The third-order valence-corrected chi connectivity index (χ3v) is 2.14. The Hall–Kier alpha value is -1.34. The zero-order valence-electron chi connectivity index (χ0n) is 7.13. The fraction of sp³-hybridized carbons (Fsp3) is 0. The minimum atomic E-state index is -1.86. The number of halogens is 4. The smallest absolute Gasteiger partial charge is 0.181 e. The van der Waals surface area contributed by atoms with E-state index >= 15 is 0 Å². The van der Waals surface area contributed by atoms with Crippen LogP contribution in [0.4, 0.5) is 17.6 Å². The Bertz CT molecular complexity index is 433. The van der Waals surface area contributed by atoms with Gasteiger partial charge in [0.05, 0.1) is 12.0 Å². The van der Waals surface area contributed by atoms with Gasteiger partial charge in [-0.15, -0.1) is 4.33 Å². The summed E-state index contributed by atoms with van der Waals surface area (Å²) in [7, 11) is 0. The first-order chi connectivity index (χ1) is 7.54. The number of nitriles is 1. The summed E-state index contributed by atoms with van der Waals surface area (Å²) in [5.74, 6) is -7.36. The molecule has 0 aliphatic rings. The maximum Gasteiger partial charge on any atom is 0.181 e. The van der Waals surface area contributed by atoms with Crippen LogP contribution >= 0.6 is 12.0 Å². The van der Waals surface area contributed by atoms with Crippen LogP contribution in [0, 0.1) is 34.6 Å². The highest BCUT2D eigenvalue weighted by molar-refractivity contribution is 7.94. The van der Waals surface area contributed by atoms with Crippen LogP contribution in [0.3, 0.4) is 0 Å². The van der Waals surface area contributed by atoms with Gasteiger partial charge in [-0.1, -0.05) is 5.04 Å². The van der Waals surface area contributed by atoms with Crippen molar-refractivity contribution in [2.24, 2.45) is 0 Å². The van der Waals surface area contributed by atoms with Crippen LogP contribution in [0.5, 0.6) is 0 Å². The zero-order chi connectivity index (χ0) is 12.3. The summed E-state index contributed by atoms with van der Waals surface area (Å²) in [6, 6.07) is 0.968. The van der Waals surface area contributed by atoms with Crippen molar-refractivity contribution in [1.29, 1.82) is 5.26 Å². The molecule has 4 nitrogen and oxygen atoms in total. The molecule has 1 N–H and O–H groups in total. The largest absolute Gasteiger partial charge is 0.220 e. The summed E-state index contributed by atoms with van der Waals surface area (Å²) in [4.78, 5) is -1.22. The monoisotopic (exact) mass is 255 g/mol. The van der Waals surface area contributed by atoms with Crippen LogP contribution in [0.15, 0.2) is 4.90 Å². The normalized spacial score (nSPS) is 10.2. The molecule has 0 bridgehead atoms. The molecule has 0 heterocycles. The molecule has 1 aromatic carbocycles. The third kappa shape index (κ3) is 2.10. The lowest BCUT2D eigenvalue weighted by Gasteiger charge is -2.05. The van der Waals surface area contributed by atoms with Gasteiger partial charge < -0.3 is 0 Å². The van der Waals surface area contributed by atoms with E-state index in [2.05, 4.69) is 9.37 Å². The van der Waals surface area contributed by atoms with Gasteiger partial charge in [-0.05, 0) is 0 Å². The number of rotatable bonds is 3. The molecule has 0 unspecified atom stereocenters. The Labute approximate surface area is 90.1 Å². The van der Waals surface area contributed by atoms with Gasteiger partial charge >= 0.3 is 0 Å². The molecule has 16 heavy (non-hydrogen) atoms. The second kappa shape index (κ2) is 5.13. The molecule has 86 valence electrons. The van der Waals surface area contributed by atoms with Gasteiger partial charge in [0.25, 0.3) is 0 Å². The molecule has 9 heteroatoms. The lowest BCUT2D eigenvalue weighted by Crippen LogP contribution is -2.03. The number of hydrogen-bond acceptors (Lipinski definition) is 5. The van der Waals surface area contributed by atoms with E-state index < -0.39 is 33.7 Å². The first-order valence-corrected chi connectivity index (χ1v) is 4.19. The predicted octanol–water partition coefficient (Wildman–Crippen LogP) is 2.54. The standard InChI is InChI=1S/C7HF4NO3S/c8-3-2(1-12)4(9)6(11)7(5(3)10)16-15-14-13/h13H. The van der Waals surface area contributed by atoms with E-state index in [1.54, 1.807) is 0 Å². The summed E-state index contributed by atoms with van der Waals surface area (Å²) in [6.45, 7) is 0. The van der Waals surface area contributed by atoms with E-state index in [0.717, 1.165) is 6.07 Å². The van der Waals surface area contributed by atoms with Gasteiger partial charge in [-0.3, -0.25) is 0 Å². The summed E-state index contributed by atoms with van der Waals surface area (Å²) in [5.41, 5.74) is -1.38. The lowest BCUT2D eigenvalue weighted by atomic mass is 10.2. The maximum absolute atomic E-state index is 13.0. The maximum atomic E-state index is 13.0. The highest BCUT2D eigenvalue weighted by Gasteiger charge is 2.26. The molecule has 0 saturated heterocycles. The average Bonchev–Trinajstić information content (AvgIpc) is 2.27. The summed E-state index contributed by atoms with van der Waals surface area (Å²) in [5, 5.41) is 19.0. The quantitative estimate of drug-likeness (QED) is 0.295. The van der Waals surface area contributed by atoms with Gasteiger partial charge in [0.15, 0.2) is 23.3 Å². The molecule has 0 radical (unpaired) electrons. The Balaban J connectivity index is 3.37. The second-order valence-electron chi connectivity index (χ2n) is 2.30. The molecule has 0 aliphatic heterocycles. The molecule has 0 aromatic heterocycles. The van der Waals surface area contributed by atoms with Crippen LogP contribution in [-0.4, -0.2) is 5.26 Å². The van der Waals surface area contributed by atoms with E-state index in [1.165, 1.54) is 0 Å². The Morgan fingerprint density at radius 3 is 1.94 bits per heavy atom. The number of benzene rings is 1. The summed E-state index contributed by atoms with van der Waals surface area (Å²) in [6.07, 6.45) is 0. The molecule has 0 atom stereocenters. The van der Waals surface area contributed by atoms with Crippen LogP contribution in [0.1, 0.15) is 5.56 Å². The van der Waals surface area contributed by atoms with Crippen molar-refractivity contribution in [1.82, 2.24) is 0 Å². The first kappa shape index (κ1) is 12.7. The van der Waals surface area contributed by atoms with Gasteiger partial charge in [-0.2, -0.15) is 5.26 Å². The average molecular weight is 255 g/mol. The van der Waals surface area contributed by atoms with E-state index in [1.807, 2.05) is 0 Å². The minimum absolute atomic E-state index is 0.290. The fourth-order valence-corrected chi connectivity index (χ4v) is 1.26. The Morgan fingerprint density at radius 1 is 1.06 bits per heavy atom. The SMILES string of the molecule is N#Cc1c(F)c(F)c(SOOO)c(F)c1F. The fourth-order valence-electron chi connectivity index (χ4n) is 0.832. The topological polar surface area (TPSA) is 62.5 Å². The zero-order valence-corrected chi connectivity index (χ0v) is 7.95. The van der Waals surface area contributed by atoms with Crippen LogP contribution in [0.2, 0.25) is 0 Å².